The largest absolute Gasteiger partial charge is 0.490 e. The van der Waals surface area contributed by atoms with Crippen LogP contribution >= 0.6 is 0 Å². The first-order valence-corrected chi connectivity index (χ1v) is 11.6. The van der Waals surface area contributed by atoms with Crippen molar-refractivity contribution in [3.63, 3.8) is 0 Å². The van der Waals surface area contributed by atoms with Gasteiger partial charge in [-0.3, -0.25) is 19.8 Å². The molecule has 0 saturated carbocycles. The number of aromatic nitrogens is 2. The normalized spacial score (nSPS) is 21.6. The quantitative estimate of drug-likeness (QED) is 0.525. The van der Waals surface area contributed by atoms with Crippen LogP contribution < -0.4 is 0 Å². The van der Waals surface area contributed by atoms with Crippen LogP contribution in [0.25, 0.3) is 0 Å². The summed E-state index contributed by atoms with van der Waals surface area (Å²) in [5.41, 5.74) is 2.44. The number of rotatable bonds is 5. The van der Waals surface area contributed by atoms with Crippen LogP contribution in [0.15, 0.2) is 48.9 Å². The number of nitrogens with zero attached hydrogens (tertiary/aromatic N) is 4. The summed E-state index contributed by atoms with van der Waals surface area (Å²) in [6, 6.07) is 10.9. The van der Waals surface area contributed by atoms with Crippen molar-refractivity contribution in [2.24, 2.45) is 5.92 Å². The van der Waals surface area contributed by atoms with Gasteiger partial charge in [-0.2, -0.15) is 26.3 Å². The molecule has 9 nitrogen and oxygen atoms in total. The molecule has 0 aliphatic carbocycles. The SMILES string of the molecule is CO[C@H]1CCN(Cc2ccccn2)[C@@H]2CN(Cc3cccnc3)C[C@H]12.O=C(O)C(F)(F)F.O=C(O)C(F)(F)F. The molecule has 2 aromatic rings. The molecule has 2 fully saturated rings. The molecule has 0 radical (unpaired) electrons. The number of alkyl halides is 6. The Morgan fingerprint density at radius 1 is 0.974 bits per heavy atom. The number of likely N-dealkylation sites (tertiary alicyclic amines) is 2. The summed E-state index contributed by atoms with van der Waals surface area (Å²) in [6.07, 6.45) is -3.00. The molecule has 0 amide bonds. The Labute approximate surface area is 220 Å². The van der Waals surface area contributed by atoms with Gasteiger partial charge in [0.25, 0.3) is 0 Å². The van der Waals surface area contributed by atoms with E-state index in [4.69, 9.17) is 24.5 Å². The van der Waals surface area contributed by atoms with Crippen LogP contribution in [-0.2, 0) is 27.4 Å². The highest BCUT2D eigenvalue weighted by Crippen LogP contribution is 2.33. The van der Waals surface area contributed by atoms with Crippen LogP contribution in [0.1, 0.15) is 17.7 Å². The molecule has 2 aliphatic heterocycles. The van der Waals surface area contributed by atoms with Crippen LogP contribution in [0.2, 0.25) is 0 Å². The third kappa shape index (κ3) is 10.4. The van der Waals surface area contributed by atoms with Crippen molar-refractivity contribution in [3.8, 4) is 0 Å². The second-order valence-electron chi connectivity index (χ2n) is 8.75. The van der Waals surface area contributed by atoms with Gasteiger partial charge >= 0.3 is 24.3 Å². The number of carboxylic acid groups (broad SMARTS) is 2. The smallest absolute Gasteiger partial charge is 0.475 e. The summed E-state index contributed by atoms with van der Waals surface area (Å²) in [5, 5.41) is 14.2. The molecule has 0 unspecified atom stereocenters. The molecular weight excluding hydrogens is 538 g/mol. The van der Waals surface area contributed by atoms with E-state index in [9.17, 15) is 26.3 Å². The highest BCUT2D eigenvalue weighted by molar-refractivity contribution is 5.73. The third-order valence-electron chi connectivity index (χ3n) is 6.06. The van der Waals surface area contributed by atoms with E-state index in [0.29, 0.717) is 18.1 Å². The van der Waals surface area contributed by atoms with E-state index in [2.05, 4.69) is 38.0 Å². The van der Waals surface area contributed by atoms with Crippen molar-refractivity contribution >= 4 is 11.9 Å². The molecule has 216 valence electrons. The fourth-order valence-corrected chi connectivity index (χ4v) is 4.39. The summed E-state index contributed by atoms with van der Waals surface area (Å²) in [5.74, 6) is -4.95. The van der Waals surface area contributed by atoms with Crippen LogP contribution in [0, 0.1) is 5.92 Å². The Morgan fingerprint density at radius 3 is 2.10 bits per heavy atom. The number of halogens is 6. The first-order valence-electron chi connectivity index (χ1n) is 11.6. The van der Waals surface area contributed by atoms with Crippen LogP contribution in [0.5, 0.6) is 0 Å². The maximum Gasteiger partial charge on any atom is 0.490 e. The van der Waals surface area contributed by atoms with E-state index in [-0.39, 0.29) is 0 Å². The van der Waals surface area contributed by atoms with Crippen molar-refractivity contribution in [2.45, 2.75) is 44.0 Å². The molecule has 2 N–H and O–H groups in total. The van der Waals surface area contributed by atoms with Gasteiger partial charge in [0, 0.05) is 70.4 Å². The highest BCUT2D eigenvalue weighted by atomic mass is 19.4. The van der Waals surface area contributed by atoms with Gasteiger partial charge in [0.2, 0.25) is 0 Å². The molecule has 4 heterocycles. The first-order chi connectivity index (χ1) is 18.2. The highest BCUT2D eigenvalue weighted by Gasteiger charge is 2.44. The lowest BCUT2D eigenvalue weighted by atomic mass is 9.89. The summed E-state index contributed by atoms with van der Waals surface area (Å²) >= 11 is 0. The molecule has 39 heavy (non-hydrogen) atoms. The number of aliphatic carboxylic acids is 2. The van der Waals surface area contributed by atoms with Gasteiger partial charge in [0.15, 0.2) is 0 Å². The van der Waals surface area contributed by atoms with Gasteiger partial charge in [-0.25, -0.2) is 9.59 Å². The lowest BCUT2D eigenvalue weighted by molar-refractivity contribution is -0.193. The van der Waals surface area contributed by atoms with Crippen molar-refractivity contribution in [3.05, 3.63) is 60.2 Å². The maximum atomic E-state index is 10.6. The topological polar surface area (TPSA) is 116 Å². The van der Waals surface area contributed by atoms with Gasteiger partial charge in [-0.15, -0.1) is 0 Å². The van der Waals surface area contributed by atoms with Crippen LogP contribution in [0.4, 0.5) is 26.3 Å². The summed E-state index contributed by atoms with van der Waals surface area (Å²) in [7, 11) is 1.86. The summed E-state index contributed by atoms with van der Waals surface area (Å²) in [6.45, 7) is 5.16. The molecular formula is C24H28F6N4O5. The van der Waals surface area contributed by atoms with Crippen molar-refractivity contribution in [1.82, 2.24) is 19.8 Å². The zero-order chi connectivity index (χ0) is 29.2. The maximum absolute atomic E-state index is 10.6. The standard InChI is InChI=1S/C20H26N4O.2C2HF3O2/c1-25-20-7-10-24(13-17-6-2-3-9-22-17)19-15-23(14-18(19)20)12-16-5-4-8-21-11-16;2*3-2(4,5)1(6)7/h2-6,8-9,11,18-20H,7,10,12-15H2,1H3;2*(H,6,7)/t18-,19+,20-;;/m0../s1. The molecule has 4 rings (SSSR count). The van der Waals surface area contributed by atoms with Crippen molar-refractivity contribution in [2.75, 3.05) is 26.7 Å². The minimum absolute atomic E-state index is 0.365. The molecule has 2 aliphatic rings. The zero-order valence-corrected chi connectivity index (χ0v) is 20.8. The number of ether oxygens (including phenoxy) is 1. The lowest BCUT2D eigenvalue weighted by Crippen LogP contribution is -2.50. The number of methoxy groups -OCH3 is 1. The van der Waals surface area contributed by atoms with Crippen LogP contribution in [-0.4, -0.2) is 93.2 Å². The Hall–Kier alpha value is -3.30. The monoisotopic (exact) mass is 566 g/mol. The van der Waals surface area contributed by atoms with E-state index < -0.39 is 24.3 Å². The van der Waals surface area contributed by atoms with Gasteiger partial charge in [0.1, 0.15) is 0 Å². The van der Waals surface area contributed by atoms with E-state index >= 15 is 0 Å². The Balaban J connectivity index is 0.000000317. The fourth-order valence-electron chi connectivity index (χ4n) is 4.39. The Bertz CT molecular complexity index is 1020. The molecule has 2 saturated heterocycles. The van der Waals surface area contributed by atoms with E-state index in [1.807, 2.05) is 37.8 Å². The lowest BCUT2D eigenvalue weighted by Gasteiger charge is -2.41. The number of piperidine rings is 1. The average Bonchev–Trinajstić information content (AvgIpc) is 3.29. The predicted molar refractivity (Wildman–Crippen MR) is 124 cm³/mol. The van der Waals surface area contributed by atoms with Gasteiger partial charge in [0.05, 0.1) is 11.8 Å². The Morgan fingerprint density at radius 2 is 1.62 bits per heavy atom. The first kappa shape index (κ1) is 31.9. The third-order valence-corrected chi connectivity index (χ3v) is 6.06. The second-order valence-corrected chi connectivity index (χ2v) is 8.75. The number of hydrogen-bond acceptors (Lipinski definition) is 7. The fraction of sp³-hybridized carbons (Fsp3) is 0.500. The summed E-state index contributed by atoms with van der Waals surface area (Å²) in [4.78, 5) is 31.7. The van der Waals surface area contributed by atoms with E-state index in [0.717, 1.165) is 44.8 Å². The number of hydrogen-bond donors (Lipinski definition) is 2. The average molecular weight is 566 g/mol. The molecule has 2 aromatic heterocycles. The second kappa shape index (κ2) is 14.2. The molecule has 0 spiro atoms. The zero-order valence-electron chi connectivity index (χ0n) is 20.8. The minimum Gasteiger partial charge on any atom is -0.475 e. The number of carbonyl (C=O) groups is 2. The van der Waals surface area contributed by atoms with Gasteiger partial charge in [-0.05, 0) is 30.2 Å². The Kier molecular flexibility index (Phi) is 11.6. The van der Waals surface area contributed by atoms with E-state index in [1.165, 1.54) is 5.56 Å². The molecule has 0 aromatic carbocycles. The van der Waals surface area contributed by atoms with Crippen molar-refractivity contribution < 1.29 is 50.9 Å². The minimum atomic E-state index is -5.08. The van der Waals surface area contributed by atoms with Gasteiger partial charge < -0.3 is 14.9 Å². The van der Waals surface area contributed by atoms with Gasteiger partial charge in [-0.1, -0.05) is 12.1 Å². The number of carboxylic acids is 2. The summed E-state index contributed by atoms with van der Waals surface area (Å²) < 4.78 is 69.3. The molecule has 15 heteroatoms. The van der Waals surface area contributed by atoms with E-state index in [1.54, 1.807) is 0 Å². The number of pyridine rings is 2. The van der Waals surface area contributed by atoms with Crippen LogP contribution in [0.3, 0.4) is 0 Å². The predicted octanol–water partition coefficient (Wildman–Crippen LogP) is 3.46. The van der Waals surface area contributed by atoms with Crippen molar-refractivity contribution in [1.29, 1.82) is 0 Å². The molecule has 3 atom stereocenters. The number of fused-ring (bicyclic) bond motifs is 1. The molecule has 0 bridgehead atoms.